The number of rotatable bonds is 4. The Bertz CT molecular complexity index is 751. The van der Waals surface area contributed by atoms with Crippen molar-refractivity contribution in [3.05, 3.63) is 52.1 Å². The van der Waals surface area contributed by atoms with Crippen LogP contribution in [0.4, 0.5) is 4.39 Å². The number of piperazine rings is 1. The van der Waals surface area contributed by atoms with Gasteiger partial charge in [0.15, 0.2) is 5.69 Å². The predicted octanol–water partition coefficient (Wildman–Crippen LogP) is 2.52. The summed E-state index contributed by atoms with van der Waals surface area (Å²) in [5, 5.41) is 4.67. The fraction of sp³-hybridized carbons (Fsp3) is 0.444. The van der Waals surface area contributed by atoms with Gasteiger partial charge in [0.2, 0.25) is 0 Å². The van der Waals surface area contributed by atoms with Crippen LogP contribution in [0.15, 0.2) is 24.3 Å². The predicted molar refractivity (Wildman–Crippen MR) is 95.4 cm³/mol. The standard InChI is InChI=1S/C18H22ClFN4O/c1-13-16(19)17(21-22(13)2)18(25)24-11-9-23(10-12-24)8-7-14-3-5-15(20)6-4-14/h3-6H,7-12H2,1-2H3. The number of nitrogens with zero attached hydrogens (tertiary/aromatic N) is 4. The highest BCUT2D eigenvalue weighted by molar-refractivity contribution is 6.34. The molecule has 1 aliphatic heterocycles. The van der Waals surface area contributed by atoms with E-state index in [1.807, 2.05) is 24.0 Å². The van der Waals surface area contributed by atoms with Crippen LogP contribution in [0.2, 0.25) is 5.02 Å². The van der Waals surface area contributed by atoms with E-state index < -0.39 is 0 Å². The molecule has 25 heavy (non-hydrogen) atoms. The fourth-order valence-electron chi connectivity index (χ4n) is 2.98. The monoisotopic (exact) mass is 364 g/mol. The number of amides is 1. The summed E-state index contributed by atoms with van der Waals surface area (Å²) in [4.78, 5) is 16.7. The highest BCUT2D eigenvalue weighted by Crippen LogP contribution is 2.21. The molecule has 1 fully saturated rings. The molecule has 0 aliphatic carbocycles. The quantitative estimate of drug-likeness (QED) is 0.837. The van der Waals surface area contributed by atoms with Crippen LogP contribution in [0.1, 0.15) is 21.7 Å². The number of carbonyl (C=O) groups excluding carboxylic acids is 1. The van der Waals surface area contributed by atoms with Crippen molar-refractivity contribution in [1.29, 1.82) is 0 Å². The second kappa shape index (κ2) is 7.54. The first kappa shape index (κ1) is 17.9. The van der Waals surface area contributed by atoms with Gasteiger partial charge in [-0.3, -0.25) is 14.4 Å². The third-order valence-electron chi connectivity index (χ3n) is 4.75. The molecule has 0 unspecified atom stereocenters. The number of benzene rings is 1. The van der Waals surface area contributed by atoms with Crippen molar-refractivity contribution >= 4 is 17.5 Å². The summed E-state index contributed by atoms with van der Waals surface area (Å²) in [7, 11) is 1.78. The Morgan fingerprint density at radius 2 is 1.84 bits per heavy atom. The van der Waals surface area contributed by atoms with Crippen LogP contribution in [-0.2, 0) is 13.5 Å². The van der Waals surface area contributed by atoms with Gasteiger partial charge in [-0.25, -0.2) is 4.39 Å². The van der Waals surface area contributed by atoms with E-state index >= 15 is 0 Å². The molecule has 0 radical (unpaired) electrons. The molecule has 1 saturated heterocycles. The number of hydrogen-bond donors (Lipinski definition) is 0. The smallest absolute Gasteiger partial charge is 0.276 e. The Morgan fingerprint density at radius 3 is 2.40 bits per heavy atom. The summed E-state index contributed by atoms with van der Waals surface area (Å²) in [6, 6.07) is 6.62. The van der Waals surface area contributed by atoms with E-state index in [2.05, 4.69) is 10.00 Å². The summed E-state index contributed by atoms with van der Waals surface area (Å²) >= 11 is 6.22. The zero-order chi connectivity index (χ0) is 18.0. The number of carbonyl (C=O) groups is 1. The summed E-state index contributed by atoms with van der Waals surface area (Å²) in [6.07, 6.45) is 0.874. The van der Waals surface area contributed by atoms with E-state index in [-0.39, 0.29) is 11.7 Å². The van der Waals surface area contributed by atoms with Gasteiger partial charge in [-0.15, -0.1) is 0 Å². The number of halogens is 2. The number of hydrogen-bond acceptors (Lipinski definition) is 3. The second-order valence-corrected chi connectivity index (χ2v) is 6.76. The van der Waals surface area contributed by atoms with Crippen LogP contribution < -0.4 is 0 Å². The fourth-order valence-corrected chi connectivity index (χ4v) is 3.22. The zero-order valence-electron chi connectivity index (χ0n) is 14.5. The van der Waals surface area contributed by atoms with E-state index in [0.29, 0.717) is 23.8 Å². The van der Waals surface area contributed by atoms with Gasteiger partial charge in [-0.1, -0.05) is 23.7 Å². The average molecular weight is 365 g/mol. The summed E-state index contributed by atoms with van der Waals surface area (Å²) < 4.78 is 14.6. The molecule has 0 N–H and O–H groups in total. The topological polar surface area (TPSA) is 41.4 Å². The van der Waals surface area contributed by atoms with Crippen molar-refractivity contribution in [2.75, 3.05) is 32.7 Å². The Labute approximate surface area is 152 Å². The lowest BCUT2D eigenvalue weighted by molar-refractivity contribution is 0.0632. The Balaban J connectivity index is 1.52. The van der Waals surface area contributed by atoms with Crippen LogP contribution in [0.25, 0.3) is 0 Å². The molecule has 0 bridgehead atoms. The van der Waals surface area contributed by atoms with Gasteiger partial charge in [-0.2, -0.15) is 5.10 Å². The van der Waals surface area contributed by atoms with Crippen LogP contribution >= 0.6 is 11.6 Å². The summed E-state index contributed by atoms with van der Waals surface area (Å²) in [5.74, 6) is -0.314. The first-order valence-corrected chi connectivity index (χ1v) is 8.78. The highest BCUT2D eigenvalue weighted by Gasteiger charge is 2.26. The molecule has 0 atom stereocenters. The first-order valence-electron chi connectivity index (χ1n) is 8.41. The molecule has 134 valence electrons. The second-order valence-electron chi connectivity index (χ2n) is 6.38. The lowest BCUT2D eigenvalue weighted by atomic mass is 10.1. The zero-order valence-corrected chi connectivity index (χ0v) is 15.3. The van der Waals surface area contributed by atoms with Crippen molar-refractivity contribution in [1.82, 2.24) is 19.6 Å². The highest BCUT2D eigenvalue weighted by atomic mass is 35.5. The number of aromatic nitrogens is 2. The molecule has 2 heterocycles. The molecule has 0 spiro atoms. The molecule has 1 amide bonds. The van der Waals surface area contributed by atoms with Crippen LogP contribution in [-0.4, -0.2) is 58.2 Å². The third kappa shape index (κ3) is 4.02. The van der Waals surface area contributed by atoms with Crippen molar-refractivity contribution in [3.8, 4) is 0 Å². The molecule has 2 aromatic rings. The molecule has 7 heteroatoms. The van der Waals surface area contributed by atoms with E-state index in [0.717, 1.165) is 37.3 Å². The van der Waals surface area contributed by atoms with Crippen molar-refractivity contribution in [3.63, 3.8) is 0 Å². The van der Waals surface area contributed by atoms with Crippen molar-refractivity contribution in [2.45, 2.75) is 13.3 Å². The van der Waals surface area contributed by atoms with E-state index in [4.69, 9.17) is 11.6 Å². The Kier molecular flexibility index (Phi) is 5.39. The Hall–Kier alpha value is -1.92. The SMILES string of the molecule is Cc1c(Cl)c(C(=O)N2CCN(CCc3ccc(F)cc3)CC2)nn1C. The average Bonchev–Trinajstić information content (AvgIpc) is 2.88. The van der Waals surface area contributed by atoms with Crippen molar-refractivity contribution < 1.29 is 9.18 Å². The van der Waals surface area contributed by atoms with Gasteiger partial charge >= 0.3 is 0 Å². The summed E-state index contributed by atoms with van der Waals surface area (Å²) in [5.41, 5.74) is 2.25. The molecule has 1 aromatic carbocycles. The molecule has 0 saturated carbocycles. The van der Waals surface area contributed by atoms with E-state index in [1.54, 1.807) is 11.7 Å². The molecular weight excluding hydrogens is 343 g/mol. The Morgan fingerprint density at radius 1 is 1.20 bits per heavy atom. The maximum atomic E-state index is 12.9. The molecule has 1 aliphatic rings. The van der Waals surface area contributed by atoms with Gasteiger partial charge in [-0.05, 0) is 31.0 Å². The lowest BCUT2D eigenvalue weighted by Crippen LogP contribution is -2.49. The maximum Gasteiger partial charge on any atom is 0.276 e. The van der Waals surface area contributed by atoms with E-state index in [9.17, 15) is 9.18 Å². The van der Waals surface area contributed by atoms with Gasteiger partial charge in [0, 0.05) is 39.8 Å². The van der Waals surface area contributed by atoms with Crippen LogP contribution in [0, 0.1) is 12.7 Å². The van der Waals surface area contributed by atoms with Crippen LogP contribution in [0.5, 0.6) is 0 Å². The third-order valence-corrected chi connectivity index (χ3v) is 5.21. The van der Waals surface area contributed by atoms with Crippen molar-refractivity contribution in [2.24, 2.45) is 7.05 Å². The van der Waals surface area contributed by atoms with Gasteiger partial charge in [0.25, 0.3) is 5.91 Å². The minimum Gasteiger partial charge on any atom is -0.335 e. The summed E-state index contributed by atoms with van der Waals surface area (Å²) in [6.45, 7) is 5.70. The molecular formula is C18H22ClFN4O. The molecule has 5 nitrogen and oxygen atoms in total. The first-order chi connectivity index (χ1) is 12.0. The maximum absolute atomic E-state index is 12.9. The van der Waals surface area contributed by atoms with Gasteiger partial charge < -0.3 is 4.90 Å². The largest absolute Gasteiger partial charge is 0.335 e. The normalized spacial score (nSPS) is 15.6. The van der Waals surface area contributed by atoms with E-state index in [1.165, 1.54) is 12.1 Å². The molecule has 3 rings (SSSR count). The molecule has 1 aromatic heterocycles. The lowest BCUT2D eigenvalue weighted by Gasteiger charge is -2.34. The van der Waals surface area contributed by atoms with Gasteiger partial charge in [0.1, 0.15) is 5.82 Å². The van der Waals surface area contributed by atoms with Crippen LogP contribution in [0.3, 0.4) is 0 Å². The minimum absolute atomic E-state index is 0.105. The minimum atomic E-state index is -0.209. The van der Waals surface area contributed by atoms with Gasteiger partial charge in [0.05, 0.1) is 10.7 Å². The number of aryl methyl sites for hydroxylation is 1.